The van der Waals surface area contributed by atoms with E-state index in [1.807, 2.05) is 0 Å². The first-order chi connectivity index (χ1) is 8.56. The standard InChI is InChI=1S/C8H10N4O4S2/c13-5-3(9-7(15)11-5)1-17-18-2-4-6(14)12-8(16)10-4/h3-4H,1-2H2,(H2,9,11,13,15)(H2,10,12,14,16). The summed E-state index contributed by atoms with van der Waals surface area (Å²) in [6.45, 7) is 0. The molecule has 0 radical (unpaired) electrons. The maximum atomic E-state index is 11.2. The van der Waals surface area contributed by atoms with Crippen LogP contribution in [-0.4, -0.2) is 47.5 Å². The SMILES string of the molecule is O=C1NC(=O)C(CSSCC2NC(=O)NC2=O)N1. The zero-order chi connectivity index (χ0) is 13.1. The van der Waals surface area contributed by atoms with Gasteiger partial charge < -0.3 is 10.6 Å². The number of nitrogens with one attached hydrogen (secondary N) is 4. The average Bonchev–Trinajstić information content (AvgIpc) is 2.77. The molecule has 2 aliphatic rings. The number of carbonyl (C=O) groups excluding carboxylic acids is 4. The molecule has 0 spiro atoms. The maximum Gasteiger partial charge on any atom is 0.322 e. The summed E-state index contributed by atoms with van der Waals surface area (Å²) in [7, 11) is 2.71. The third-order valence-corrected chi connectivity index (χ3v) is 4.69. The van der Waals surface area contributed by atoms with Gasteiger partial charge in [0, 0.05) is 11.5 Å². The fourth-order valence-corrected chi connectivity index (χ4v) is 3.71. The normalized spacial score (nSPS) is 26.7. The van der Waals surface area contributed by atoms with Crippen molar-refractivity contribution in [3.8, 4) is 0 Å². The van der Waals surface area contributed by atoms with E-state index < -0.39 is 24.1 Å². The molecule has 0 aliphatic carbocycles. The Bertz CT molecular complexity index is 378. The lowest BCUT2D eigenvalue weighted by Gasteiger charge is -2.08. The first kappa shape index (κ1) is 13.0. The summed E-state index contributed by atoms with van der Waals surface area (Å²) in [5, 5.41) is 9.19. The van der Waals surface area contributed by atoms with Gasteiger partial charge in [0.1, 0.15) is 12.1 Å². The Hall–Kier alpha value is -1.42. The summed E-state index contributed by atoms with van der Waals surface area (Å²) in [5.74, 6) is 0.120. The Morgan fingerprint density at radius 2 is 1.17 bits per heavy atom. The number of hydrogen-bond acceptors (Lipinski definition) is 6. The van der Waals surface area contributed by atoms with Gasteiger partial charge in [0.25, 0.3) is 11.8 Å². The molecule has 2 unspecified atom stereocenters. The minimum atomic E-state index is -0.540. The second kappa shape index (κ2) is 5.48. The Labute approximate surface area is 110 Å². The Morgan fingerprint density at radius 1 is 0.778 bits per heavy atom. The highest BCUT2D eigenvalue weighted by molar-refractivity contribution is 8.76. The van der Waals surface area contributed by atoms with Crippen LogP contribution in [0.25, 0.3) is 0 Å². The minimum absolute atomic E-state index is 0.347. The first-order valence-electron chi connectivity index (χ1n) is 5.03. The van der Waals surface area contributed by atoms with Crippen LogP contribution in [0.2, 0.25) is 0 Å². The number of amides is 6. The number of hydrogen-bond donors (Lipinski definition) is 4. The van der Waals surface area contributed by atoms with E-state index in [0.29, 0.717) is 11.5 Å². The molecular weight excluding hydrogens is 280 g/mol. The maximum absolute atomic E-state index is 11.2. The van der Waals surface area contributed by atoms with E-state index in [1.165, 1.54) is 21.6 Å². The average molecular weight is 290 g/mol. The van der Waals surface area contributed by atoms with Gasteiger partial charge in [-0.05, 0) is 0 Å². The second-order valence-electron chi connectivity index (χ2n) is 3.60. The lowest BCUT2D eigenvalue weighted by atomic mass is 10.3. The molecule has 98 valence electrons. The lowest BCUT2D eigenvalue weighted by Crippen LogP contribution is -2.32. The van der Waals surface area contributed by atoms with E-state index in [9.17, 15) is 19.2 Å². The summed E-state index contributed by atoms with van der Waals surface area (Å²) < 4.78 is 0. The third-order valence-electron chi connectivity index (χ3n) is 2.27. The monoisotopic (exact) mass is 290 g/mol. The molecule has 2 heterocycles. The Balaban J connectivity index is 1.64. The van der Waals surface area contributed by atoms with Gasteiger partial charge >= 0.3 is 12.1 Å². The van der Waals surface area contributed by atoms with Gasteiger partial charge in [-0.2, -0.15) is 0 Å². The highest BCUT2D eigenvalue weighted by atomic mass is 33.1. The number of carbonyl (C=O) groups is 4. The summed E-state index contributed by atoms with van der Waals surface area (Å²) in [4.78, 5) is 44.0. The molecule has 4 N–H and O–H groups in total. The zero-order valence-electron chi connectivity index (χ0n) is 9.02. The van der Waals surface area contributed by atoms with Crippen molar-refractivity contribution in [1.29, 1.82) is 0 Å². The van der Waals surface area contributed by atoms with Crippen LogP contribution in [0.5, 0.6) is 0 Å². The van der Waals surface area contributed by atoms with E-state index in [-0.39, 0.29) is 11.8 Å². The van der Waals surface area contributed by atoms with Crippen molar-refractivity contribution < 1.29 is 19.2 Å². The van der Waals surface area contributed by atoms with Crippen LogP contribution in [0.4, 0.5) is 9.59 Å². The van der Waals surface area contributed by atoms with E-state index in [4.69, 9.17) is 0 Å². The molecule has 8 nitrogen and oxygen atoms in total. The van der Waals surface area contributed by atoms with Crippen LogP contribution in [-0.2, 0) is 9.59 Å². The third kappa shape index (κ3) is 3.07. The molecule has 10 heteroatoms. The van der Waals surface area contributed by atoms with Gasteiger partial charge in [-0.15, -0.1) is 0 Å². The van der Waals surface area contributed by atoms with Crippen molar-refractivity contribution >= 4 is 45.5 Å². The lowest BCUT2D eigenvalue weighted by molar-refractivity contribution is -0.120. The molecule has 0 saturated carbocycles. The molecule has 18 heavy (non-hydrogen) atoms. The van der Waals surface area contributed by atoms with Crippen LogP contribution in [0.1, 0.15) is 0 Å². The van der Waals surface area contributed by atoms with Crippen molar-refractivity contribution in [3.05, 3.63) is 0 Å². The van der Waals surface area contributed by atoms with Crippen molar-refractivity contribution in [3.63, 3.8) is 0 Å². The van der Waals surface area contributed by atoms with Crippen LogP contribution in [0.3, 0.4) is 0 Å². The first-order valence-corrected chi connectivity index (χ1v) is 7.52. The highest BCUT2D eigenvalue weighted by Gasteiger charge is 2.31. The second-order valence-corrected chi connectivity index (χ2v) is 6.15. The number of urea groups is 2. The number of imide groups is 2. The highest BCUT2D eigenvalue weighted by Crippen LogP contribution is 2.24. The largest absolute Gasteiger partial charge is 0.325 e. The van der Waals surface area contributed by atoms with Crippen molar-refractivity contribution in [2.45, 2.75) is 12.1 Å². The fourth-order valence-electron chi connectivity index (χ4n) is 1.38. The van der Waals surface area contributed by atoms with Crippen LogP contribution < -0.4 is 21.3 Å². The predicted molar refractivity (Wildman–Crippen MR) is 65.8 cm³/mol. The van der Waals surface area contributed by atoms with E-state index in [2.05, 4.69) is 21.3 Å². The molecule has 0 aromatic rings. The molecule has 2 fully saturated rings. The van der Waals surface area contributed by atoms with Gasteiger partial charge in [0.05, 0.1) is 0 Å². The summed E-state index contributed by atoms with van der Waals surface area (Å²) >= 11 is 0. The predicted octanol–water partition coefficient (Wildman–Crippen LogP) is -1.22. The molecule has 0 bridgehead atoms. The molecule has 0 aromatic carbocycles. The van der Waals surface area contributed by atoms with E-state index in [0.717, 1.165) is 0 Å². The molecule has 2 saturated heterocycles. The summed E-state index contributed by atoms with van der Waals surface area (Å²) in [5.41, 5.74) is 0. The van der Waals surface area contributed by atoms with Gasteiger partial charge in [-0.25, -0.2) is 9.59 Å². The molecule has 2 atom stereocenters. The van der Waals surface area contributed by atoms with Gasteiger partial charge in [0.2, 0.25) is 0 Å². The Morgan fingerprint density at radius 3 is 1.44 bits per heavy atom. The van der Waals surface area contributed by atoms with Crippen molar-refractivity contribution in [2.24, 2.45) is 0 Å². The minimum Gasteiger partial charge on any atom is -0.325 e. The van der Waals surface area contributed by atoms with Crippen LogP contribution in [0.15, 0.2) is 0 Å². The topological polar surface area (TPSA) is 116 Å². The van der Waals surface area contributed by atoms with E-state index in [1.54, 1.807) is 0 Å². The molecule has 2 aliphatic heterocycles. The van der Waals surface area contributed by atoms with Crippen molar-refractivity contribution in [2.75, 3.05) is 11.5 Å². The van der Waals surface area contributed by atoms with Gasteiger partial charge in [0.15, 0.2) is 0 Å². The van der Waals surface area contributed by atoms with Gasteiger partial charge in [-0.1, -0.05) is 21.6 Å². The summed E-state index contributed by atoms with van der Waals surface area (Å²) in [6.07, 6.45) is 0. The molecule has 2 rings (SSSR count). The smallest absolute Gasteiger partial charge is 0.322 e. The van der Waals surface area contributed by atoms with Crippen LogP contribution in [0, 0.1) is 0 Å². The van der Waals surface area contributed by atoms with E-state index >= 15 is 0 Å². The summed E-state index contributed by atoms with van der Waals surface area (Å²) in [6, 6.07) is -2.06. The van der Waals surface area contributed by atoms with Crippen molar-refractivity contribution in [1.82, 2.24) is 21.3 Å². The Kier molecular flexibility index (Phi) is 3.97. The van der Waals surface area contributed by atoms with Gasteiger partial charge in [-0.3, -0.25) is 20.2 Å². The molecule has 6 amide bonds. The van der Waals surface area contributed by atoms with Crippen LogP contribution >= 0.6 is 21.6 Å². The number of rotatable bonds is 5. The molecular formula is C8H10N4O4S2. The quantitative estimate of drug-likeness (QED) is 0.287. The molecule has 0 aromatic heterocycles. The zero-order valence-corrected chi connectivity index (χ0v) is 10.7. The fraction of sp³-hybridized carbons (Fsp3) is 0.500.